The number of nitrogens with one attached hydrogen (secondary N) is 3. The molecular weight excluding hydrogens is 493 g/mol. The second kappa shape index (κ2) is 13.6. The standard InChI is InChI=1S/C29H31F3N4O2/c1-20(29(30,31)32)16-26(35-24-12-5-8-21(17-24)19-33)28(38)36-25-13-6-11-23(18-25)27(34-14-7-15-37)22-9-3-2-4-10-22/h2-6,8-13,16-18,27,34-35,37H,1,7,14-15,19,33H2,(H,36,38)/b26-16-. The molecule has 38 heavy (non-hydrogen) atoms. The first-order valence-electron chi connectivity index (χ1n) is 12.1. The topological polar surface area (TPSA) is 99.4 Å². The molecular formula is C29H31F3N4O2. The van der Waals surface area contributed by atoms with E-state index in [1.807, 2.05) is 36.4 Å². The largest absolute Gasteiger partial charge is 0.415 e. The van der Waals surface area contributed by atoms with Crippen LogP contribution >= 0.6 is 0 Å². The van der Waals surface area contributed by atoms with Crippen molar-refractivity contribution in [1.82, 2.24) is 5.32 Å². The zero-order valence-electron chi connectivity index (χ0n) is 20.8. The number of nitrogens with two attached hydrogens (primary N) is 1. The van der Waals surface area contributed by atoms with E-state index in [0.29, 0.717) is 30.4 Å². The van der Waals surface area contributed by atoms with Crippen molar-refractivity contribution < 1.29 is 23.1 Å². The molecule has 1 amide bonds. The van der Waals surface area contributed by atoms with E-state index >= 15 is 0 Å². The van der Waals surface area contributed by atoms with Crippen molar-refractivity contribution >= 4 is 17.3 Å². The number of carbonyl (C=O) groups excluding carboxylic acids is 1. The van der Waals surface area contributed by atoms with Crippen LogP contribution in [0.4, 0.5) is 24.5 Å². The number of benzene rings is 3. The van der Waals surface area contributed by atoms with E-state index in [2.05, 4.69) is 22.5 Å². The summed E-state index contributed by atoms with van der Waals surface area (Å²) in [6.07, 6.45) is -3.46. The summed E-state index contributed by atoms with van der Waals surface area (Å²) in [4.78, 5) is 13.2. The van der Waals surface area contributed by atoms with Gasteiger partial charge in [-0.25, -0.2) is 0 Å². The van der Waals surface area contributed by atoms with Crippen LogP contribution in [0.3, 0.4) is 0 Å². The highest BCUT2D eigenvalue weighted by Gasteiger charge is 2.31. The highest BCUT2D eigenvalue weighted by molar-refractivity contribution is 6.06. The fraction of sp³-hybridized carbons (Fsp3) is 0.207. The maximum atomic E-state index is 13.2. The maximum Gasteiger partial charge on any atom is 0.415 e. The average molecular weight is 525 g/mol. The third kappa shape index (κ3) is 8.31. The van der Waals surface area contributed by atoms with Crippen molar-refractivity contribution in [2.45, 2.75) is 25.2 Å². The maximum absolute atomic E-state index is 13.2. The molecule has 3 aromatic rings. The quantitative estimate of drug-likeness (QED) is 0.126. The minimum Gasteiger partial charge on any atom is -0.396 e. The summed E-state index contributed by atoms with van der Waals surface area (Å²) >= 11 is 0. The first-order valence-corrected chi connectivity index (χ1v) is 12.1. The van der Waals surface area contributed by atoms with Gasteiger partial charge in [-0.05, 0) is 60.0 Å². The van der Waals surface area contributed by atoms with E-state index in [1.54, 1.807) is 42.5 Å². The second-order valence-corrected chi connectivity index (χ2v) is 8.57. The molecule has 0 saturated carbocycles. The number of rotatable bonds is 12. The first kappa shape index (κ1) is 28.6. The third-order valence-corrected chi connectivity index (χ3v) is 5.66. The SMILES string of the molecule is C=C(/C=C(\Nc1cccc(CN)c1)C(=O)Nc1cccc(C(NCCCO)c2ccccc2)c1)C(F)(F)F. The molecule has 3 aromatic carbocycles. The Balaban J connectivity index is 1.89. The van der Waals surface area contributed by atoms with Gasteiger partial charge in [0.25, 0.3) is 5.91 Å². The Labute approximate surface area is 220 Å². The zero-order valence-corrected chi connectivity index (χ0v) is 20.8. The van der Waals surface area contributed by atoms with Crippen LogP contribution in [0.1, 0.15) is 29.2 Å². The molecule has 1 unspecified atom stereocenters. The summed E-state index contributed by atoms with van der Waals surface area (Å²) in [5.41, 5.74) is 7.55. The lowest BCUT2D eigenvalue weighted by Crippen LogP contribution is -2.25. The fourth-order valence-electron chi connectivity index (χ4n) is 3.74. The van der Waals surface area contributed by atoms with Gasteiger partial charge >= 0.3 is 6.18 Å². The van der Waals surface area contributed by atoms with Gasteiger partial charge in [-0.3, -0.25) is 4.79 Å². The summed E-state index contributed by atoms with van der Waals surface area (Å²) < 4.78 is 39.7. The van der Waals surface area contributed by atoms with Crippen LogP contribution in [0.2, 0.25) is 0 Å². The lowest BCUT2D eigenvalue weighted by molar-refractivity contribution is -0.112. The van der Waals surface area contributed by atoms with Gasteiger partial charge in [-0.15, -0.1) is 0 Å². The Kier molecular flexibility index (Phi) is 10.2. The van der Waals surface area contributed by atoms with Gasteiger partial charge in [0.1, 0.15) is 5.70 Å². The number of anilines is 2. The lowest BCUT2D eigenvalue weighted by Gasteiger charge is -2.21. The van der Waals surface area contributed by atoms with Gasteiger partial charge in [0.15, 0.2) is 0 Å². The molecule has 0 spiro atoms. The van der Waals surface area contributed by atoms with E-state index in [0.717, 1.165) is 16.7 Å². The number of halogens is 3. The number of aliphatic hydroxyl groups is 1. The molecule has 0 heterocycles. The Morgan fingerprint density at radius 2 is 1.61 bits per heavy atom. The van der Waals surface area contributed by atoms with Crippen molar-refractivity contribution in [1.29, 1.82) is 0 Å². The number of alkyl halides is 3. The zero-order chi connectivity index (χ0) is 27.5. The van der Waals surface area contributed by atoms with E-state index in [9.17, 15) is 23.1 Å². The Morgan fingerprint density at radius 3 is 2.26 bits per heavy atom. The van der Waals surface area contributed by atoms with Gasteiger partial charge in [0.05, 0.1) is 11.6 Å². The van der Waals surface area contributed by atoms with Crippen LogP contribution < -0.4 is 21.7 Å². The Bertz CT molecular complexity index is 1260. The van der Waals surface area contributed by atoms with E-state index < -0.39 is 17.7 Å². The number of aliphatic hydroxyl groups excluding tert-OH is 1. The van der Waals surface area contributed by atoms with E-state index in [-0.39, 0.29) is 24.9 Å². The summed E-state index contributed by atoms with van der Waals surface area (Å²) in [5.74, 6) is -0.768. The molecule has 6 N–H and O–H groups in total. The molecule has 6 nitrogen and oxygen atoms in total. The van der Waals surface area contributed by atoms with E-state index in [4.69, 9.17) is 5.73 Å². The molecule has 0 fully saturated rings. The molecule has 200 valence electrons. The molecule has 1 atom stereocenters. The highest BCUT2D eigenvalue weighted by atomic mass is 19.4. The second-order valence-electron chi connectivity index (χ2n) is 8.57. The van der Waals surface area contributed by atoms with Gasteiger partial charge in [0, 0.05) is 24.5 Å². The van der Waals surface area contributed by atoms with Crippen molar-refractivity contribution in [3.8, 4) is 0 Å². The number of allylic oxidation sites excluding steroid dienone is 2. The van der Waals surface area contributed by atoms with E-state index in [1.165, 1.54) is 0 Å². The number of hydrogen-bond donors (Lipinski definition) is 5. The normalized spacial score (nSPS) is 12.6. The van der Waals surface area contributed by atoms with Crippen LogP contribution in [0.25, 0.3) is 0 Å². The minimum atomic E-state index is -4.70. The summed E-state index contributed by atoms with van der Waals surface area (Å²) in [5, 5.41) is 18.0. The molecule has 0 bridgehead atoms. The summed E-state index contributed by atoms with van der Waals surface area (Å²) in [6, 6.07) is 23.2. The summed E-state index contributed by atoms with van der Waals surface area (Å²) in [7, 11) is 0. The van der Waals surface area contributed by atoms with Crippen LogP contribution in [-0.2, 0) is 11.3 Å². The number of carbonyl (C=O) groups is 1. The minimum absolute atomic E-state index is 0.0458. The first-order chi connectivity index (χ1) is 18.2. The van der Waals surface area contributed by atoms with Crippen LogP contribution in [-0.4, -0.2) is 30.3 Å². The molecule has 0 aliphatic carbocycles. The van der Waals surface area contributed by atoms with Crippen molar-refractivity contribution in [2.24, 2.45) is 5.73 Å². The number of amides is 1. The van der Waals surface area contributed by atoms with Gasteiger partial charge < -0.3 is 26.8 Å². The van der Waals surface area contributed by atoms with Gasteiger partial charge in [-0.1, -0.05) is 61.2 Å². The number of hydrogen-bond acceptors (Lipinski definition) is 5. The Hall–Kier alpha value is -3.92. The monoisotopic (exact) mass is 524 g/mol. The van der Waals surface area contributed by atoms with Crippen LogP contribution in [0.15, 0.2) is 103 Å². The molecule has 9 heteroatoms. The third-order valence-electron chi connectivity index (χ3n) is 5.66. The molecule has 0 aliphatic rings. The predicted octanol–water partition coefficient (Wildman–Crippen LogP) is 5.26. The van der Waals surface area contributed by atoms with Gasteiger partial charge in [0.2, 0.25) is 0 Å². The van der Waals surface area contributed by atoms with Crippen molar-refractivity contribution in [2.75, 3.05) is 23.8 Å². The molecule has 0 aromatic heterocycles. The molecule has 0 saturated heterocycles. The smallest absolute Gasteiger partial charge is 0.396 e. The average Bonchev–Trinajstić information content (AvgIpc) is 2.91. The van der Waals surface area contributed by atoms with Crippen molar-refractivity contribution in [3.05, 3.63) is 119 Å². The molecule has 3 rings (SSSR count). The molecule has 0 aliphatic heterocycles. The van der Waals surface area contributed by atoms with Crippen molar-refractivity contribution in [3.63, 3.8) is 0 Å². The van der Waals surface area contributed by atoms with Crippen LogP contribution in [0, 0.1) is 0 Å². The van der Waals surface area contributed by atoms with Gasteiger partial charge in [-0.2, -0.15) is 13.2 Å². The van der Waals surface area contributed by atoms with Crippen LogP contribution in [0.5, 0.6) is 0 Å². The lowest BCUT2D eigenvalue weighted by atomic mass is 9.98. The molecule has 0 radical (unpaired) electrons. The summed E-state index contributed by atoms with van der Waals surface area (Å²) in [6.45, 7) is 3.91. The highest BCUT2D eigenvalue weighted by Crippen LogP contribution is 2.28. The Morgan fingerprint density at radius 1 is 0.947 bits per heavy atom. The predicted molar refractivity (Wildman–Crippen MR) is 144 cm³/mol. The fourth-order valence-corrected chi connectivity index (χ4v) is 3.74.